The molecular formula is C21H19N3O2. The molecule has 0 bridgehead atoms. The number of nitrogens with two attached hydrogens (primary N) is 1. The van der Waals surface area contributed by atoms with E-state index in [0.717, 1.165) is 52.5 Å². The minimum Gasteiger partial charge on any atom is -0.366 e. The molecule has 0 spiro atoms. The summed E-state index contributed by atoms with van der Waals surface area (Å²) >= 11 is 0. The van der Waals surface area contributed by atoms with E-state index < -0.39 is 5.91 Å². The van der Waals surface area contributed by atoms with Gasteiger partial charge in [-0.25, -0.2) is 0 Å². The maximum atomic E-state index is 13.0. The number of carbonyl (C=O) groups excluding carboxylic acids is 2. The van der Waals surface area contributed by atoms with Gasteiger partial charge in [0, 0.05) is 23.2 Å². The maximum Gasteiger partial charge on any atom is 0.252 e. The Morgan fingerprint density at radius 1 is 1.04 bits per heavy atom. The third-order valence-corrected chi connectivity index (χ3v) is 4.84. The van der Waals surface area contributed by atoms with Crippen molar-refractivity contribution in [3.05, 3.63) is 76.5 Å². The molecule has 0 unspecified atom stereocenters. The lowest BCUT2D eigenvalue weighted by molar-refractivity contribution is 0.0950. The van der Waals surface area contributed by atoms with Crippen LogP contribution in [0.3, 0.4) is 0 Å². The molecule has 130 valence electrons. The van der Waals surface area contributed by atoms with Crippen molar-refractivity contribution in [1.82, 2.24) is 10.3 Å². The second kappa shape index (κ2) is 6.59. The van der Waals surface area contributed by atoms with Crippen molar-refractivity contribution in [1.29, 1.82) is 0 Å². The predicted octanol–water partition coefficient (Wildman–Crippen LogP) is 2.75. The zero-order valence-electron chi connectivity index (χ0n) is 14.3. The van der Waals surface area contributed by atoms with Gasteiger partial charge >= 0.3 is 0 Å². The fourth-order valence-corrected chi connectivity index (χ4v) is 3.53. The van der Waals surface area contributed by atoms with E-state index in [0.29, 0.717) is 12.1 Å². The molecule has 26 heavy (non-hydrogen) atoms. The lowest BCUT2D eigenvalue weighted by Crippen LogP contribution is -2.24. The largest absolute Gasteiger partial charge is 0.366 e. The minimum absolute atomic E-state index is 0.0827. The number of aryl methyl sites for hydroxylation is 1. The Balaban J connectivity index is 1.61. The van der Waals surface area contributed by atoms with Gasteiger partial charge in [-0.3, -0.25) is 14.6 Å². The van der Waals surface area contributed by atoms with Crippen LogP contribution < -0.4 is 11.1 Å². The number of nitrogens with zero attached hydrogens (tertiary/aromatic N) is 1. The number of benzene rings is 2. The van der Waals surface area contributed by atoms with E-state index in [9.17, 15) is 9.59 Å². The normalized spacial score (nSPS) is 12.8. The van der Waals surface area contributed by atoms with E-state index in [4.69, 9.17) is 10.7 Å². The Morgan fingerprint density at radius 2 is 1.81 bits per heavy atom. The molecule has 0 saturated heterocycles. The van der Waals surface area contributed by atoms with Crippen molar-refractivity contribution >= 4 is 22.7 Å². The van der Waals surface area contributed by atoms with E-state index in [1.54, 1.807) is 24.3 Å². The van der Waals surface area contributed by atoms with Crippen LogP contribution in [0.25, 0.3) is 10.9 Å². The van der Waals surface area contributed by atoms with Crippen molar-refractivity contribution in [3.8, 4) is 0 Å². The smallest absolute Gasteiger partial charge is 0.252 e. The molecule has 0 radical (unpaired) electrons. The van der Waals surface area contributed by atoms with E-state index >= 15 is 0 Å². The number of nitrogens with one attached hydrogen (secondary N) is 1. The summed E-state index contributed by atoms with van der Waals surface area (Å²) in [5, 5.41) is 3.90. The summed E-state index contributed by atoms with van der Waals surface area (Å²) < 4.78 is 0. The average Bonchev–Trinajstić information content (AvgIpc) is 3.12. The third kappa shape index (κ3) is 2.92. The average molecular weight is 345 g/mol. The Labute approximate surface area is 151 Å². The molecule has 5 heteroatoms. The zero-order valence-corrected chi connectivity index (χ0v) is 14.3. The van der Waals surface area contributed by atoms with Gasteiger partial charge in [-0.05, 0) is 48.6 Å². The van der Waals surface area contributed by atoms with Crippen LogP contribution in [0.4, 0.5) is 0 Å². The summed E-state index contributed by atoms with van der Waals surface area (Å²) in [7, 11) is 0. The minimum atomic E-state index is -0.459. The van der Waals surface area contributed by atoms with Crippen molar-refractivity contribution in [2.24, 2.45) is 5.73 Å². The summed E-state index contributed by atoms with van der Waals surface area (Å²) in [6.07, 6.45) is 2.85. The highest BCUT2D eigenvalue weighted by molar-refractivity contribution is 6.07. The molecule has 0 atom stereocenters. The number of hydrogen-bond donors (Lipinski definition) is 2. The van der Waals surface area contributed by atoms with Crippen LogP contribution >= 0.6 is 0 Å². The molecule has 1 aliphatic carbocycles. The molecule has 1 aliphatic rings. The molecule has 0 aliphatic heterocycles. The quantitative estimate of drug-likeness (QED) is 0.762. The second-order valence-electron chi connectivity index (χ2n) is 6.53. The Kier molecular flexibility index (Phi) is 4.13. The topological polar surface area (TPSA) is 85.1 Å². The summed E-state index contributed by atoms with van der Waals surface area (Å²) in [5.41, 5.74) is 10.4. The summed E-state index contributed by atoms with van der Waals surface area (Å²) in [4.78, 5) is 28.8. The van der Waals surface area contributed by atoms with Crippen LogP contribution in [-0.4, -0.2) is 16.8 Å². The molecule has 2 amide bonds. The number of hydrogen-bond acceptors (Lipinski definition) is 3. The van der Waals surface area contributed by atoms with Crippen LogP contribution in [-0.2, 0) is 19.4 Å². The fourth-order valence-electron chi connectivity index (χ4n) is 3.53. The monoisotopic (exact) mass is 345 g/mol. The highest BCUT2D eigenvalue weighted by Gasteiger charge is 2.23. The standard InChI is InChI=1S/C21H19N3O2/c22-20(25)14-10-8-13(9-11-14)12-23-21(26)19-15-4-1-2-6-17(15)24-18-7-3-5-16(18)19/h1-2,4,6,8-11H,3,5,7,12H2,(H2,22,25)(H,23,26). The lowest BCUT2D eigenvalue weighted by Gasteiger charge is -2.13. The first-order valence-corrected chi connectivity index (χ1v) is 8.71. The summed E-state index contributed by atoms with van der Waals surface area (Å²) in [6, 6.07) is 14.7. The van der Waals surface area contributed by atoms with Gasteiger partial charge in [0.05, 0.1) is 11.1 Å². The van der Waals surface area contributed by atoms with Gasteiger partial charge in [0.25, 0.3) is 5.91 Å². The van der Waals surface area contributed by atoms with E-state index in [-0.39, 0.29) is 5.91 Å². The van der Waals surface area contributed by atoms with E-state index in [1.807, 2.05) is 24.3 Å². The zero-order chi connectivity index (χ0) is 18.1. The lowest BCUT2D eigenvalue weighted by atomic mass is 10.0. The van der Waals surface area contributed by atoms with Gasteiger partial charge in [0.2, 0.25) is 5.91 Å². The number of amides is 2. The van der Waals surface area contributed by atoms with Crippen LogP contribution in [0.5, 0.6) is 0 Å². The molecule has 5 nitrogen and oxygen atoms in total. The van der Waals surface area contributed by atoms with Gasteiger partial charge in [-0.15, -0.1) is 0 Å². The molecule has 1 heterocycles. The van der Waals surface area contributed by atoms with Crippen molar-refractivity contribution in [3.63, 3.8) is 0 Å². The number of para-hydroxylation sites is 1. The first-order valence-electron chi connectivity index (χ1n) is 8.71. The Bertz CT molecular complexity index is 1010. The van der Waals surface area contributed by atoms with Crippen LogP contribution in [0.1, 0.15) is 44.0 Å². The second-order valence-corrected chi connectivity index (χ2v) is 6.53. The summed E-state index contributed by atoms with van der Waals surface area (Å²) in [5.74, 6) is -0.542. The number of rotatable bonds is 4. The number of pyridine rings is 1. The van der Waals surface area contributed by atoms with Crippen molar-refractivity contribution < 1.29 is 9.59 Å². The van der Waals surface area contributed by atoms with Crippen LogP contribution in [0, 0.1) is 0 Å². The van der Waals surface area contributed by atoms with E-state index in [1.165, 1.54) is 0 Å². The molecule has 0 saturated carbocycles. The van der Waals surface area contributed by atoms with Crippen LogP contribution in [0.2, 0.25) is 0 Å². The predicted molar refractivity (Wildman–Crippen MR) is 99.9 cm³/mol. The van der Waals surface area contributed by atoms with Gasteiger partial charge in [0.15, 0.2) is 0 Å². The highest BCUT2D eigenvalue weighted by atomic mass is 16.2. The maximum absolute atomic E-state index is 13.0. The number of primary amides is 1. The van der Waals surface area contributed by atoms with Crippen molar-refractivity contribution in [2.45, 2.75) is 25.8 Å². The highest BCUT2D eigenvalue weighted by Crippen LogP contribution is 2.29. The number of fused-ring (bicyclic) bond motifs is 2. The molecule has 4 rings (SSSR count). The van der Waals surface area contributed by atoms with E-state index in [2.05, 4.69) is 5.32 Å². The first kappa shape index (κ1) is 16.3. The molecule has 1 aromatic heterocycles. The third-order valence-electron chi connectivity index (χ3n) is 4.84. The fraction of sp³-hybridized carbons (Fsp3) is 0.190. The van der Waals surface area contributed by atoms with Gasteiger partial charge in [-0.1, -0.05) is 30.3 Å². The van der Waals surface area contributed by atoms with Crippen molar-refractivity contribution in [2.75, 3.05) is 0 Å². The van der Waals surface area contributed by atoms with Gasteiger partial charge in [0.1, 0.15) is 0 Å². The Morgan fingerprint density at radius 3 is 2.58 bits per heavy atom. The van der Waals surface area contributed by atoms with Crippen LogP contribution in [0.15, 0.2) is 48.5 Å². The van der Waals surface area contributed by atoms with Gasteiger partial charge < -0.3 is 11.1 Å². The molecule has 2 aromatic carbocycles. The number of aromatic nitrogens is 1. The summed E-state index contributed by atoms with van der Waals surface area (Å²) in [6.45, 7) is 0.392. The first-order chi connectivity index (χ1) is 12.6. The number of carbonyl (C=O) groups is 2. The SMILES string of the molecule is NC(=O)c1ccc(CNC(=O)c2c3c(nc4ccccc24)CCC3)cc1. The van der Waals surface area contributed by atoms with Gasteiger partial charge in [-0.2, -0.15) is 0 Å². The Hall–Kier alpha value is -3.21. The molecule has 3 aromatic rings. The molecular weight excluding hydrogens is 326 g/mol. The molecule has 3 N–H and O–H groups in total. The molecule has 0 fully saturated rings.